The third-order valence-electron chi connectivity index (χ3n) is 6.85. The van der Waals surface area contributed by atoms with E-state index in [0.29, 0.717) is 18.7 Å². The van der Waals surface area contributed by atoms with Crippen molar-refractivity contribution in [3.05, 3.63) is 60.7 Å². The fraction of sp³-hybridized carbons (Fsp3) is 0.520. The summed E-state index contributed by atoms with van der Waals surface area (Å²) in [5.74, 6) is 0. The molecule has 168 valence electrons. The molecule has 4 atom stereocenters. The first-order valence-electron chi connectivity index (χ1n) is 11.5. The highest BCUT2D eigenvalue weighted by Crippen LogP contribution is 2.38. The molecule has 2 aliphatic heterocycles. The van der Waals surface area contributed by atoms with E-state index in [1.165, 1.54) is 10.4 Å². The van der Waals surface area contributed by atoms with Crippen LogP contribution in [0.25, 0.3) is 0 Å². The van der Waals surface area contributed by atoms with Gasteiger partial charge in [-0.1, -0.05) is 81.4 Å². The van der Waals surface area contributed by atoms with Crippen molar-refractivity contribution in [3.63, 3.8) is 0 Å². The Hall–Kier alpha value is -1.31. The fourth-order valence-electron chi connectivity index (χ4n) is 5.38. The van der Waals surface area contributed by atoms with Crippen LogP contribution < -0.4 is 10.4 Å². The monoisotopic (exact) mass is 457 g/mol. The van der Waals surface area contributed by atoms with Crippen molar-refractivity contribution in [1.29, 1.82) is 0 Å². The van der Waals surface area contributed by atoms with Crippen molar-refractivity contribution in [2.75, 3.05) is 6.61 Å². The molecule has 0 bridgehead atoms. The molecule has 0 aromatic heterocycles. The summed E-state index contributed by atoms with van der Waals surface area (Å²) in [6.45, 7) is 9.69. The van der Waals surface area contributed by atoms with E-state index in [9.17, 15) is 4.21 Å². The molecule has 0 radical (unpaired) electrons. The maximum Gasteiger partial charge on any atom is 0.261 e. The first kappa shape index (κ1) is 22.9. The highest BCUT2D eigenvalue weighted by molar-refractivity contribution is 7.78. The number of fused-ring (bicyclic) bond motifs is 1. The zero-order valence-corrected chi connectivity index (χ0v) is 20.9. The lowest BCUT2D eigenvalue weighted by Gasteiger charge is -2.43. The lowest BCUT2D eigenvalue weighted by molar-refractivity contribution is 0.222. The van der Waals surface area contributed by atoms with Crippen LogP contribution in [-0.2, 0) is 19.9 Å². The van der Waals surface area contributed by atoms with Gasteiger partial charge in [-0.2, -0.15) is 4.31 Å². The Morgan fingerprint density at radius 3 is 2.16 bits per heavy atom. The maximum absolute atomic E-state index is 12.4. The van der Waals surface area contributed by atoms with E-state index in [2.05, 4.69) is 85.7 Å². The molecule has 2 aliphatic rings. The van der Waals surface area contributed by atoms with Crippen molar-refractivity contribution in [3.8, 4) is 0 Å². The molecule has 31 heavy (non-hydrogen) atoms. The molecule has 2 aromatic carbocycles. The minimum absolute atomic E-state index is 0.00607. The molecule has 0 N–H and O–H groups in total. The Bertz CT molecular complexity index is 847. The van der Waals surface area contributed by atoms with Gasteiger partial charge in [0.15, 0.2) is 0 Å². The minimum atomic E-state index is -2.48. The van der Waals surface area contributed by atoms with Crippen molar-refractivity contribution < 1.29 is 12.8 Å². The van der Waals surface area contributed by atoms with Crippen molar-refractivity contribution in [2.45, 2.75) is 76.6 Å². The summed E-state index contributed by atoms with van der Waals surface area (Å²) in [6, 6.07) is 22.2. The fourth-order valence-corrected chi connectivity index (χ4v) is 11.4. The molecule has 4 nitrogen and oxygen atoms in total. The first-order valence-corrected chi connectivity index (χ1v) is 14.4. The predicted molar refractivity (Wildman–Crippen MR) is 130 cm³/mol. The van der Waals surface area contributed by atoms with Gasteiger partial charge in [0.05, 0.1) is 12.1 Å². The summed E-state index contributed by atoms with van der Waals surface area (Å²) in [7, 11) is -2.48. The van der Waals surface area contributed by atoms with Crippen LogP contribution in [0.2, 0.25) is 5.04 Å². The molecule has 2 aromatic rings. The SMILES string of the molecule is C[C@H]1OS(=O)N2C(CCCO[Si](c3ccccc3)(c3ccccc3)C(C)(C)C)CC[C@@H]12. The lowest BCUT2D eigenvalue weighted by atomic mass is 10.1. The molecule has 0 aliphatic carbocycles. The molecule has 4 rings (SSSR count). The highest BCUT2D eigenvalue weighted by atomic mass is 32.2. The van der Waals surface area contributed by atoms with Crippen molar-refractivity contribution in [1.82, 2.24) is 4.31 Å². The van der Waals surface area contributed by atoms with E-state index in [4.69, 9.17) is 8.61 Å². The molecule has 2 heterocycles. The number of benzene rings is 2. The largest absolute Gasteiger partial charge is 0.407 e. The molecular weight excluding hydrogens is 422 g/mol. The second-order valence-electron chi connectivity index (χ2n) is 9.83. The van der Waals surface area contributed by atoms with Gasteiger partial charge in [0, 0.05) is 12.6 Å². The number of nitrogens with zero attached hydrogens (tertiary/aromatic N) is 1. The lowest BCUT2D eigenvalue weighted by Crippen LogP contribution is -2.66. The molecular formula is C25H35NO3SSi. The Morgan fingerprint density at radius 2 is 1.61 bits per heavy atom. The second kappa shape index (κ2) is 9.28. The van der Waals surface area contributed by atoms with E-state index in [1.54, 1.807) is 0 Å². The molecule has 2 fully saturated rings. The first-order chi connectivity index (χ1) is 14.8. The molecule has 2 saturated heterocycles. The van der Waals surface area contributed by atoms with E-state index in [0.717, 1.165) is 25.7 Å². The Labute approximate surface area is 190 Å². The van der Waals surface area contributed by atoms with Crippen LogP contribution in [0.15, 0.2) is 60.7 Å². The van der Waals surface area contributed by atoms with Crippen LogP contribution >= 0.6 is 0 Å². The molecule has 0 saturated carbocycles. The zero-order valence-electron chi connectivity index (χ0n) is 19.1. The summed E-state index contributed by atoms with van der Waals surface area (Å²) < 4.78 is 27.0. The van der Waals surface area contributed by atoms with Crippen LogP contribution in [0.3, 0.4) is 0 Å². The van der Waals surface area contributed by atoms with E-state index in [-0.39, 0.29) is 11.1 Å². The third kappa shape index (κ3) is 4.33. The van der Waals surface area contributed by atoms with Crippen LogP contribution in [-0.4, -0.2) is 41.6 Å². The summed E-state index contributed by atoms with van der Waals surface area (Å²) >= 11 is -1.28. The molecule has 0 spiro atoms. The Morgan fingerprint density at radius 1 is 1.03 bits per heavy atom. The average Bonchev–Trinajstić information content (AvgIpc) is 3.30. The smallest absolute Gasteiger partial charge is 0.261 e. The molecule has 6 heteroatoms. The summed E-state index contributed by atoms with van der Waals surface area (Å²) in [4.78, 5) is 0. The summed E-state index contributed by atoms with van der Waals surface area (Å²) in [5.41, 5.74) is 0. The van der Waals surface area contributed by atoms with Crippen LogP contribution in [0.1, 0.15) is 53.4 Å². The van der Waals surface area contributed by atoms with E-state index in [1.807, 2.05) is 6.92 Å². The summed E-state index contributed by atoms with van der Waals surface area (Å²) in [6.07, 6.45) is 4.20. The maximum atomic E-state index is 12.4. The highest BCUT2D eigenvalue weighted by Gasteiger charge is 2.50. The molecule has 0 amide bonds. The van der Waals surface area contributed by atoms with Gasteiger partial charge in [0.1, 0.15) is 0 Å². The number of rotatable bonds is 7. The quantitative estimate of drug-likeness (QED) is 0.463. The van der Waals surface area contributed by atoms with Gasteiger partial charge in [-0.15, -0.1) is 0 Å². The van der Waals surface area contributed by atoms with Gasteiger partial charge < -0.3 is 4.43 Å². The Balaban J connectivity index is 1.52. The minimum Gasteiger partial charge on any atom is -0.407 e. The summed E-state index contributed by atoms with van der Waals surface area (Å²) in [5, 5.41) is 2.63. The standard InChI is InChI=1S/C25H35NO3SSi/c1-20-24-18-17-21(26(24)30(27)29-20)12-11-19-28-31(25(2,3)4,22-13-7-5-8-14-22)23-15-9-6-10-16-23/h5-10,13-16,20-21,24H,11-12,17-19H2,1-4H3/t20-,21?,24+,30?/m1/s1. The van der Waals surface area contributed by atoms with Gasteiger partial charge in [-0.3, -0.25) is 4.18 Å². The van der Waals surface area contributed by atoms with Gasteiger partial charge in [0.2, 0.25) is 11.3 Å². The van der Waals surface area contributed by atoms with Gasteiger partial charge in [-0.25, -0.2) is 4.21 Å². The molecule has 2 unspecified atom stereocenters. The van der Waals surface area contributed by atoms with Crippen LogP contribution in [0.5, 0.6) is 0 Å². The van der Waals surface area contributed by atoms with Crippen molar-refractivity contribution >= 4 is 30.0 Å². The van der Waals surface area contributed by atoms with Gasteiger partial charge in [0.25, 0.3) is 8.32 Å². The second-order valence-corrected chi connectivity index (χ2v) is 15.2. The van der Waals surface area contributed by atoms with E-state index >= 15 is 0 Å². The third-order valence-corrected chi connectivity index (χ3v) is 13.3. The topological polar surface area (TPSA) is 38.8 Å². The van der Waals surface area contributed by atoms with Gasteiger partial charge in [-0.05, 0) is 48.0 Å². The number of hydrogen-bond donors (Lipinski definition) is 0. The van der Waals surface area contributed by atoms with Crippen LogP contribution in [0, 0.1) is 0 Å². The number of hydrogen-bond acceptors (Lipinski definition) is 3. The Kier molecular flexibility index (Phi) is 6.84. The van der Waals surface area contributed by atoms with Crippen LogP contribution in [0.4, 0.5) is 0 Å². The van der Waals surface area contributed by atoms with Gasteiger partial charge >= 0.3 is 0 Å². The zero-order chi connectivity index (χ0) is 22.1. The normalized spacial score (nSPS) is 26.8. The van der Waals surface area contributed by atoms with E-state index < -0.39 is 19.6 Å². The predicted octanol–water partition coefficient (Wildman–Crippen LogP) is 4.17. The average molecular weight is 458 g/mol. The van der Waals surface area contributed by atoms with Crippen molar-refractivity contribution in [2.24, 2.45) is 0 Å².